The van der Waals surface area contributed by atoms with Gasteiger partial charge in [-0.25, -0.2) is 9.80 Å². The number of hydrogen-bond donors (Lipinski definition) is 2. The summed E-state index contributed by atoms with van der Waals surface area (Å²) in [6.07, 6.45) is 0.0836. The standard InChI is InChI=1S/C19H20N4O7/c1-9(24)23-13(11-5-6-14(29-4)15(7-11)30-10(2)25)8-12(21-23)16-17(26)20-19(28)22(3)18(16)27/h5-7,13,27H,8H2,1-4H3,(H,20,26,28). The molecule has 0 aliphatic carbocycles. The number of carbonyl (C=O) groups is 2. The number of methoxy groups -OCH3 is 1. The minimum Gasteiger partial charge on any atom is -0.494 e. The lowest BCUT2D eigenvalue weighted by molar-refractivity contribution is -0.132. The van der Waals surface area contributed by atoms with Crippen molar-refractivity contribution in [3.05, 3.63) is 50.2 Å². The van der Waals surface area contributed by atoms with Crippen molar-refractivity contribution in [3.8, 4) is 17.4 Å². The first-order valence-electron chi connectivity index (χ1n) is 8.90. The predicted octanol–water partition coefficient (Wildman–Crippen LogP) is 0.411. The van der Waals surface area contributed by atoms with E-state index in [9.17, 15) is 24.3 Å². The minimum atomic E-state index is -0.811. The number of H-pyrrole nitrogens is 1. The van der Waals surface area contributed by atoms with Gasteiger partial charge in [-0.2, -0.15) is 5.10 Å². The van der Waals surface area contributed by atoms with E-state index in [-0.39, 0.29) is 23.4 Å². The number of aromatic hydroxyl groups is 1. The Labute approximate surface area is 170 Å². The molecule has 0 saturated carbocycles. The Morgan fingerprint density at radius 2 is 1.93 bits per heavy atom. The van der Waals surface area contributed by atoms with Crippen LogP contribution in [0.2, 0.25) is 0 Å². The molecule has 0 fully saturated rings. The van der Waals surface area contributed by atoms with Crippen LogP contribution in [0.15, 0.2) is 32.9 Å². The molecule has 1 aliphatic heterocycles. The molecule has 0 saturated heterocycles. The van der Waals surface area contributed by atoms with Gasteiger partial charge in [0.15, 0.2) is 11.5 Å². The fraction of sp³-hybridized carbons (Fsp3) is 0.316. The smallest absolute Gasteiger partial charge is 0.330 e. The molecule has 11 heteroatoms. The average molecular weight is 416 g/mol. The molecule has 30 heavy (non-hydrogen) atoms. The molecule has 1 atom stereocenters. The van der Waals surface area contributed by atoms with E-state index in [0.29, 0.717) is 11.3 Å². The molecule has 0 radical (unpaired) electrons. The summed E-state index contributed by atoms with van der Waals surface area (Å²) in [5, 5.41) is 15.7. The number of hydrogen-bond acceptors (Lipinski definition) is 8. The number of ether oxygens (including phenoxy) is 2. The minimum absolute atomic E-state index is 0.0836. The summed E-state index contributed by atoms with van der Waals surface area (Å²) in [5.41, 5.74) is -1.08. The number of rotatable bonds is 4. The maximum atomic E-state index is 12.3. The molecule has 11 nitrogen and oxygen atoms in total. The monoisotopic (exact) mass is 416 g/mol. The molecule has 2 N–H and O–H groups in total. The Hall–Kier alpha value is -3.89. The van der Waals surface area contributed by atoms with Gasteiger partial charge in [-0.3, -0.25) is 23.9 Å². The zero-order valence-electron chi connectivity index (χ0n) is 16.8. The van der Waals surface area contributed by atoms with Crippen LogP contribution in [0, 0.1) is 0 Å². The highest BCUT2D eigenvalue weighted by Crippen LogP contribution is 2.37. The summed E-state index contributed by atoms with van der Waals surface area (Å²) >= 11 is 0. The summed E-state index contributed by atoms with van der Waals surface area (Å²) < 4.78 is 11.2. The second kappa shape index (κ2) is 7.85. The molecule has 158 valence electrons. The van der Waals surface area contributed by atoms with Gasteiger partial charge in [0.05, 0.1) is 18.9 Å². The van der Waals surface area contributed by atoms with Crippen molar-refractivity contribution < 1.29 is 24.2 Å². The molecule has 2 aromatic rings. The fourth-order valence-electron chi connectivity index (χ4n) is 3.22. The highest BCUT2D eigenvalue weighted by Gasteiger charge is 2.34. The maximum absolute atomic E-state index is 12.3. The average Bonchev–Trinajstić information content (AvgIpc) is 3.11. The molecular formula is C19H20N4O7. The summed E-state index contributed by atoms with van der Waals surface area (Å²) in [6, 6.07) is 4.18. The number of amides is 1. The second-order valence-electron chi connectivity index (χ2n) is 6.65. The van der Waals surface area contributed by atoms with E-state index in [1.54, 1.807) is 18.2 Å². The van der Waals surface area contributed by atoms with E-state index in [1.807, 2.05) is 0 Å². The maximum Gasteiger partial charge on any atom is 0.330 e. The van der Waals surface area contributed by atoms with E-state index >= 15 is 0 Å². The lowest BCUT2D eigenvalue weighted by atomic mass is 9.98. The van der Waals surface area contributed by atoms with Crippen molar-refractivity contribution in [1.29, 1.82) is 0 Å². The van der Waals surface area contributed by atoms with Crippen LogP contribution in [0.3, 0.4) is 0 Å². The topological polar surface area (TPSA) is 143 Å². The van der Waals surface area contributed by atoms with Crippen molar-refractivity contribution in [1.82, 2.24) is 14.6 Å². The Morgan fingerprint density at radius 1 is 1.23 bits per heavy atom. The van der Waals surface area contributed by atoms with Gasteiger partial charge in [-0.05, 0) is 17.7 Å². The van der Waals surface area contributed by atoms with Crippen LogP contribution in [-0.4, -0.2) is 44.4 Å². The summed E-state index contributed by atoms with van der Waals surface area (Å²) in [6.45, 7) is 2.56. The first-order chi connectivity index (χ1) is 14.1. The first-order valence-corrected chi connectivity index (χ1v) is 8.90. The Kier molecular flexibility index (Phi) is 5.45. The molecule has 2 heterocycles. The van der Waals surface area contributed by atoms with Crippen LogP contribution in [0.5, 0.6) is 17.4 Å². The van der Waals surface area contributed by atoms with Gasteiger partial charge in [0.2, 0.25) is 11.8 Å². The molecule has 1 aromatic heterocycles. The number of hydrazone groups is 1. The zero-order valence-corrected chi connectivity index (χ0v) is 16.8. The van der Waals surface area contributed by atoms with Crippen LogP contribution in [0.4, 0.5) is 0 Å². The molecule has 1 aromatic carbocycles. The Balaban J connectivity index is 2.07. The number of aromatic amines is 1. The van der Waals surface area contributed by atoms with Gasteiger partial charge >= 0.3 is 11.7 Å². The van der Waals surface area contributed by atoms with E-state index in [1.165, 1.54) is 33.0 Å². The Bertz CT molecular complexity index is 1180. The largest absolute Gasteiger partial charge is 0.494 e. The van der Waals surface area contributed by atoms with E-state index in [4.69, 9.17) is 9.47 Å². The molecular weight excluding hydrogens is 396 g/mol. The molecule has 3 rings (SSSR count). The Morgan fingerprint density at radius 3 is 2.53 bits per heavy atom. The third kappa shape index (κ3) is 3.69. The van der Waals surface area contributed by atoms with Crippen LogP contribution in [0.1, 0.15) is 37.4 Å². The van der Waals surface area contributed by atoms with Crippen molar-refractivity contribution in [3.63, 3.8) is 0 Å². The SMILES string of the molecule is COc1ccc(C2CC(c3c(O)n(C)c(=O)[nH]c3=O)=NN2C(C)=O)cc1OC(C)=O. The first kappa shape index (κ1) is 20.8. The third-order valence-corrected chi connectivity index (χ3v) is 4.64. The van der Waals surface area contributed by atoms with Gasteiger partial charge in [0.1, 0.15) is 5.56 Å². The van der Waals surface area contributed by atoms with E-state index in [2.05, 4.69) is 10.1 Å². The van der Waals surface area contributed by atoms with Gasteiger partial charge in [-0.15, -0.1) is 0 Å². The number of aromatic nitrogens is 2. The zero-order chi connectivity index (χ0) is 22.2. The van der Waals surface area contributed by atoms with Gasteiger partial charge in [0, 0.05) is 27.3 Å². The summed E-state index contributed by atoms with van der Waals surface area (Å²) in [7, 11) is 2.72. The quantitative estimate of drug-likeness (QED) is 0.543. The predicted molar refractivity (Wildman–Crippen MR) is 105 cm³/mol. The lowest BCUT2D eigenvalue weighted by Crippen LogP contribution is -2.32. The highest BCUT2D eigenvalue weighted by atomic mass is 16.6. The van der Waals surface area contributed by atoms with Gasteiger partial charge in [-0.1, -0.05) is 6.07 Å². The van der Waals surface area contributed by atoms with Crippen LogP contribution < -0.4 is 20.7 Å². The third-order valence-electron chi connectivity index (χ3n) is 4.64. The van der Waals surface area contributed by atoms with Crippen molar-refractivity contribution >= 4 is 17.6 Å². The molecule has 1 amide bonds. The van der Waals surface area contributed by atoms with Crippen LogP contribution in [0.25, 0.3) is 0 Å². The van der Waals surface area contributed by atoms with Gasteiger partial charge < -0.3 is 14.6 Å². The lowest BCUT2D eigenvalue weighted by Gasteiger charge is -2.21. The van der Waals surface area contributed by atoms with Crippen molar-refractivity contribution in [2.45, 2.75) is 26.3 Å². The summed E-state index contributed by atoms with van der Waals surface area (Å²) in [4.78, 5) is 49.6. The number of nitrogens with zero attached hydrogens (tertiary/aromatic N) is 3. The van der Waals surface area contributed by atoms with Crippen LogP contribution in [-0.2, 0) is 16.6 Å². The van der Waals surface area contributed by atoms with Gasteiger partial charge in [0.25, 0.3) is 5.56 Å². The van der Waals surface area contributed by atoms with Crippen LogP contribution >= 0.6 is 0 Å². The van der Waals surface area contributed by atoms with E-state index in [0.717, 1.165) is 4.57 Å². The molecule has 1 unspecified atom stereocenters. The number of benzene rings is 1. The number of carbonyl (C=O) groups excluding carboxylic acids is 2. The van der Waals surface area contributed by atoms with Crippen molar-refractivity contribution in [2.24, 2.45) is 12.1 Å². The molecule has 0 bridgehead atoms. The van der Waals surface area contributed by atoms with E-state index < -0.39 is 35.0 Å². The van der Waals surface area contributed by atoms with Crippen molar-refractivity contribution in [2.75, 3.05) is 7.11 Å². The molecule has 1 aliphatic rings. The number of nitrogens with one attached hydrogen (secondary N) is 1. The number of esters is 1. The normalized spacial score (nSPS) is 15.7. The molecule has 0 spiro atoms. The second-order valence-corrected chi connectivity index (χ2v) is 6.65. The highest BCUT2D eigenvalue weighted by molar-refractivity contribution is 6.04. The fourth-order valence-corrected chi connectivity index (χ4v) is 3.22. The summed E-state index contributed by atoms with van der Waals surface area (Å²) in [5.74, 6) is -1.00.